The minimum absolute atomic E-state index is 0.0802. The Bertz CT molecular complexity index is 445. The Morgan fingerprint density at radius 2 is 2.24 bits per heavy atom. The summed E-state index contributed by atoms with van der Waals surface area (Å²) in [5.41, 5.74) is 2.76. The summed E-state index contributed by atoms with van der Waals surface area (Å²) in [5.74, 6) is 5.48. The smallest absolute Gasteiger partial charge is 0.251 e. The van der Waals surface area contributed by atoms with Crippen LogP contribution in [0.15, 0.2) is 12.1 Å². The third kappa shape index (κ3) is 2.68. The molecule has 0 unspecified atom stereocenters. The molecule has 1 heterocycles. The first-order valence-corrected chi connectivity index (χ1v) is 5.87. The number of nitrogens with zero attached hydrogens (tertiary/aromatic N) is 1. The number of nitrogen functional groups attached to an aromatic ring is 1. The second-order valence-electron chi connectivity index (χ2n) is 4.58. The van der Waals surface area contributed by atoms with Crippen molar-refractivity contribution in [2.75, 3.05) is 5.43 Å². The molecule has 2 rings (SSSR count). The lowest BCUT2D eigenvalue weighted by Crippen LogP contribution is -2.50. The number of anilines is 1. The van der Waals surface area contributed by atoms with Gasteiger partial charge in [-0.3, -0.25) is 4.79 Å². The van der Waals surface area contributed by atoms with E-state index in [9.17, 15) is 4.79 Å². The number of nitrogens with two attached hydrogens (primary N) is 1. The molecular weight excluding hydrogens is 240 g/mol. The van der Waals surface area contributed by atoms with Crippen LogP contribution < -0.4 is 16.6 Å². The third-order valence-corrected chi connectivity index (χ3v) is 3.27. The summed E-state index contributed by atoms with van der Waals surface area (Å²) in [4.78, 5) is 15.9. The molecule has 0 aromatic carbocycles. The van der Waals surface area contributed by atoms with Crippen molar-refractivity contribution >= 4 is 23.3 Å². The fourth-order valence-corrected chi connectivity index (χ4v) is 2.09. The van der Waals surface area contributed by atoms with Gasteiger partial charge in [0.1, 0.15) is 11.0 Å². The number of hydrogen-bond donors (Lipinski definition) is 3. The molecule has 0 saturated heterocycles. The van der Waals surface area contributed by atoms with E-state index in [1.807, 2.05) is 6.92 Å². The van der Waals surface area contributed by atoms with E-state index in [4.69, 9.17) is 17.4 Å². The van der Waals surface area contributed by atoms with E-state index in [1.54, 1.807) is 6.07 Å². The number of aromatic nitrogens is 1. The number of carbonyl (C=O) groups excluding carboxylic acids is 1. The van der Waals surface area contributed by atoms with Crippen LogP contribution in [0.5, 0.6) is 0 Å². The average Bonchev–Trinajstić information content (AvgIpc) is 2.26. The minimum atomic E-state index is -0.145. The van der Waals surface area contributed by atoms with Crippen LogP contribution in [-0.4, -0.2) is 16.4 Å². The fourth-order valence-electron chi connectivity index (χ4n) is 1.88. The molecule has 1 saturated carbocycles. The van der Waals surface area contributed by atoms with Gasteiger partial charge in [0.05, 0.1) is 0 Å². The Hall–Kier alpha value is -1.33. The standard InChI is InChI=1S/C11H15ClN4O/c1-11(3-2-4-11)15-10(17)7-5-8(12)14-9(6-7)16-13/h5-6H,2-4,13H2,1H3,(H,14,16)(H,15,17). The Morgan fingerprint density at radius 3 is 2.76 bits per heavy atom. The van der Waals surface area contributed by atoms with Gasteiger partial charge in [-0.1, -0.05) is 11.6 Å². The first-order chi connectivity index (χ1) is 8.02. The van der Waals surface area contributed by atoms with Gasteiger partial charge in [-0.25, -0.2) is 10.8 Å². The van der Waals surface area contributed by atoms with Crippen molar-refractivity contribution in [3.63, 3.8) is 0 Å². The summed E-state index contributed by atoms with van der Waals surface area (Å²) in [7, 11) is 0. The number of hydrazine groups is 1. The number of hydrogen-bond acceptors (Lipinski definition) is 4. The molecule has 0 radical (unpaired) electrons. The van der Waals surface area contributed by atoms with Crippen molar-refractivity contribution in [3.8, 4) is 0 Å². The lowest BCUT2D eigenvalue weighted by molar-refractivity contribution is 0.0850. The Balaban J connectivity index is 2.15. The van der Waals surface area contributed by atoms with E-state index in [1.165, 1.54) is 6.07 Å². The molecule has 1 amide bonds. The summed E-state index contributed by atoms with van der Waals surface area (Å²) in [6.07, 6.45) is 3.18. The van der Waals surface area contributed by atoms with E-state index in [0.29, 0.717) is 11.4 Å². The number of rotatable bonds is 3. The van der Waals surface area contributed by atoms with Crippen molar-refractivity contribution in [2.45, 2.75) is 31.7 Å². The SMILES string of the molecule is CC1(NC(=O)c2cc(Cl)nc(NN)c2)CCC1. The minimum Gasteiger partial charge on any atom is -0.347 e. The average molecular weight is 255 g/mol. The van der Waals surface area contributed by atoms with Crippen LogP contribution in [-0.2, 0) is 0 Å². The highest BCUT2D eigenvalue weighted by molar-refractivity contribution is 6.29. The van der Waals surface area contributed by atoms with Crippen LogP contribution in [0.2, 0.25) is 5.15 Å². The van der Waals surface area contributed by atoms with Crippen molar-refractivity contribution in [1.82, 2.24) is 10.3 Å². The molecule has 1 aromatic rings. The topological polar surface area (TPSA) is 80.0 Å². The molecule has 1 fully saturated rings. The zero-order valence-electron chi connectivity index (χ0n) is 9.59. The van der Waals surface area contributed by atoms with Crippen molar-refractivity contribution < 1.29 is 4.79 Å². The summed E-state index contributed by atoms with van der Waals surface area (Å²) in [5, 5.41) is 3.23. The van der Waals surface area contributed by atoms with Gasteiger partial charge < -0.3 is 10.7 Å². The first-order valence-electron chi connectivity index (χ1n) is 5.49. The van der Waals surface area contributed by atoms with E-state index in [-0.39, 0.29) is 16.6 Å². The Labute approximate surface area is 105 Å². The third-order valence-electron chi connectivity index (χ3n) is 3.08. The van der Waals surface area contributed by atoms with Crippen molar-refractivity contribution in [2.24, 2.45) is 5.84 Å². The predicted molar refractivity (Wildman–Crippen MR) is 66.8 cm³/mol. The molecule has 0 atom stereocenters. The maximum atomic E-state index is 12.0. The van der Waals surface area contributed by atoms with Crippen LogP contribution in [0.1, 0.15) is 36.5 Å². The normalized spacial score (nSPS) is 17.1. The number of amides is 1. The predicted octanol–water partition coefficient (Wildman–Crippen LogP) is 1.69. The number of nitrogens with one attached hydrogen (secondary N) is 2. The van der Waals surface area contributed by atoms with Gasteiger partial charge in [0, 0.05) is 11.1 Å². The number of carbonyl (C=O) groups is 1. The first kappa shape index (κ1) is 12.1. The number of halogens is 1. The van der Waals surface area contributed by atoms with Gasteiger partial charge in [0.15, 0.2) is 0 Å². The zero-order valence-corrected chi connectivity index (χ0v) is 10.3. The van der Waals surface area contributed by atoms with Gasteiger partial charge in [0.2, 0.25) is 0 Å². The zero-order chi connectivity index (χ0) is 12.5. The van der Waals surface area contributed by atoms with Crippen molar-refractivity contribution in [3.05, 3.63) is 22.8 Å². The van der Waals surface area contributed by atoms with Crippen LogP contribution >= 0.6 is 11.6 Å². The van der Waals surface area contributed by atoms with E-state index >= 15 is 0 Å². The lowest BCUT2D eigenvalue weighted by atomic mass is 9.78. The van der Waals surface area contributed by atoms with Gasteiger partial charge in [-0.05, 0) is 38.3 Å². The highest BCUT2D eigenvalue weighted by atomic mass is 35.5. The second kappa shape index (κ2) is 4.50. The largest absolute Gasteiger partial charge is 0.347 e. The molecule has 0 aliphatic heterocycles. The van der Waals surface area contributed by atoms with Gasteiger partial charge >= 0.3 is 0 Å². The molecule has 5 nitrogen and oxygen atoms in total. The van der Waals surface area contributed by atoms with Crippen LogP contribution in [0, 0.1) is 0 Å². The lowest BCUT2D eigenvalue weighted by Gasteiger charge is -2.39. The van der Waals surface area contributed by atoms with Gasteiger partial charge in [-0.2, -0.15) is 0 Å². The molecular formula is C11H15ClN4O. The molecule has 17 heavy (non-hydrogen) atoms. The quantitative estimate of drug-likeness (QED) is 0.436. The summed E-state index contributed by atoms with van der Waals surface area (Å²) in [6, 6.07) is 3.10. The molecule has 1 aliphatic rings. The van der Waals surface area contributed by atoms with Crippen LogP contribution in [0.4, 0.5) is 5.82 Å². The van der Waals surface area contributed by atoms with E-state index in [2.05, 4.69) is 15.7 Å². The monoisotopic (exact) mass is 254 g/mol. The van der Waals surface area contributed by atoms with Gasteiger partial charge in [-0.15, -0.1) is 0 Å². The molecule has 1 aromatic heterocycles. The molecule has 1 aliphatic carbocycles. The van der Waals surface area contributed by atoms with E-state index in [0.717, 1.165) is 19.3 Å². The maximum Gasteiger partial charge on any atom is 0.251 e. The molecule has 0 bridgehead atoms. The summed E-state index contributed by atoms with van der Waals surface area (Å²) in [6.45, 7) is 2.04. The summed E-state index contributed by atoms with van der Waals surface area (Å²) >= 11 is 5.81. The van der Waals surface area contributed by atoms with Crippen LogP contribution in [0.25, 0.3) is 0 Å². The van der Waals surface area contributed by atoms with Crippen LogP contribution in [0.3, 0.4) is 0 Å². The maximum absolute atomic E-state index is 12.0. The molecule has 4 N–H and O–H groups in total. The van der Waals surface area contributed by atoms with Gasteiger partial charge in [0.25, 0.3) is 5.91 Å². The highest BCUT2D eigenvalue weighted by Crippen LogP contribution is 2.31. The Morgan fingerprint density at radius 1 is 1.53 bits per heavy atom. The summed E-state index contributed by atoms with van der Waals surface area (Å²) < 4.78 is 0. The second-order valence-corrected chi connectivity index (χ2v) is 4.96. The fraction of sp³-hybridized carbons (Fsp3) is 0.455. The molecule has 6 heteroatoms. The highest BCUT2D eigenvalue weighted by Gasteiger charge is 2.33. The Kier molecular flexibility index (Phi) is 3.22. The van der Waals surface area contributed by atoms with Crippen molar-refractivity contribution in [1.29, 1.82) is 0 Å². The molecule has 92 valence electrons. The number of pyridine rings is 1. The van der Waals surface area contributed by atoms with E-state index < -0.39 is 0 Å². The molecule has 0 spiro atoms.